The van der Waals surface area contributed by atoms with Gasteiger partial charge >= 0.3 is 11.9 Å². The fraction of sp³-hybridized carbons (Fsp3) is 0. The van der Waals surface area contributed by atoms with Crippen molar-refractivity contribution >= 4 is 29.6 Å². The van der Waals surface area contributed by atoms with E-state index in [-0.39, 0.29) is 22.3 Å². The minimum Gasteiger partial charge on any atom is -0.478 e. The van der Waals surface area contributed by atoms with E-state index in [2.05, 4.69) is 5.32 Å². The summed E-state index contributed by atoms with van der Waals surface area (Å²) in [7, 11) is 0. The minimum absolute atomic E-state index is 0.0335. The van der Waals surface area contributed by atoms with E-state index < -0.39 is 17.8 Å². The number of nitriles is 1. The van der Waals surface area contributed by atoms with Crippen LogP contribution >= 0.6 is 0 Å². The molecule has 0 spiro atoms. The lowest BCUT2D eigenvalue weighted by Crippen LogP contribution is -2.14. The molecule has 2 rings (SSSR count). The van der Waals surface area contributed by atoms with Crippen molar-refractivity contribution in [3.8, 4) is 6.07 Å². The van der Waals surface area contributed by atoms with E-state index >= 15 is 0 Å². The Balaban J connectivity index is 2.26. The second kappa shape index (κ2) is 7.57. The molecule has 0 radical (unpaired) electrons. The predicted molar refractivity (Wildman–Crippen MR) is 89.0 cm³/mol. The van der Waals surface area contributed by atoms with Crippen molar-refractivity contribution in [3.05, 3.63) is 70.8 Å². The molecular weight excluding hydrogens is 324 g/mol. The maximum Gasteiger partial charge on any atom is 0.336 e. The summed E-state index contributed by atoms with van der Waals surface area (Å²) in [5.41, 5.74) is 0.278. The number of hydrogen-bond donors (Lipinski definition) is 3. The quantitative estimate of drug-likeness (QED) is 0.569. The number of benzene rings is 2. The Labute approximate surface area is 142 Å². The summed E-state index contributed by atoms with van der Waals surface area (Å²) in [5.74, 6) is -3.00. The highest BCUT2D eigenvalue weighted by Crippen LogP contribution is 2.15. The zero-order valence-corrected chi connectivity index (χ0v) is 12.8. The van der Waals surface area contributed by atoms with Crippen LogP contribution in [0.4, 0.5) is 5.69 Å². The Hall–Kier alpha value is -3.92. The first-order chi connectivity index (χ1) is 11.9. The number of carboxylic acid groups (broad SMARTS) is 2. The summed E-state index contributed by atoms with van der Waals surface area (Å²) in [6.07, 6.45) is 1.18. The highest BCUT2D eigenvalue weighted by molar-refractivity contribution is 6.10. The van der Waals surface area contributed by atoms with Crippen molar-refractivity contribution in [2.24, 2.45) is 0 Å². The summed E-state index contributed by atoms with van der Waals surface area (Å²) < 4.78 is 0. The number of nitrogens with one attached hydrogen (secondary N) is 1. The molecule has 124 valence electrons. The molecule has 0 aromatic heterocycles. The maximum atomic E-state index is 12.2. The number of carboxylic acids is 2. The standard InChI is InChI=1S/C18H12N2O5/c19-10-13(9-12-3-1-2-4-15(12)18(24)25)16(21)20-14-7-5-11(6-8-14)17(22)23/h1-9H,(H,20,21)(H,22,23)(H,24,25)/b13-9+. The first-order valence-electron chi connectivity index (χ1n) is 7.01. The number of aromatic carboxylic acids is 2. The molecule has 0 heterocycles. The fourth-order valence-electron chi connectivity index (χ4n) is 2.02. The highest BCUT2D eigenvalue weighted by Gasteiger charge is 2.13. The van der Waals surface area contributed by atoms with E-state index in [1.807, 2.05) is 0 Å². The van der Waals surface area contributed by atoms with Crippen molar-refractivity contribution in [3.63, 3.8) is 0 Å². The molecular formula is C18H12N2O5. The predicted octanol–water partition coefficient (Wildman–Crippen LogP) is 2.63. The smallest absolute Gasteiger partial charge is 0.336 e. The van der Waals surface area contributed by atoms with Crippen LogP contribution in [0.1, 0.15) is 26.3 Å². The highest BCUT2D eigenvalue weighted by atomic mass is 16.4. The van der Waals surface area contributed by atoms with Crippen molar-refractivity contribution in [2.75, 3.05) is 5.32 Å². The lowest BCUT2D eigenvalue weighted by Gasteiger charge is -2.06. The Morgan fingerprint density at radius 1 is 0.960 bits per heavy atom. The van der Waals surface area contributed by atoms with E-state index in [0.717, 1.165) is 0 Å². The van der Waals surface area contributed by atoms with Gasteiger partial charge in [0.1, 0.15) is 11.6 Å². The van der Waals surface area contributed by atoms with Crippen LogP contribution in [0.15, 0.2) is 54.1 Å². The van der Waals surface area contributed by atoms with Gasteiger partial charge in [-0.25, -0.2) is 9.59 Å². The van der Waals surface area contributed by atoms with Crippen LogP contribution in [0.25, 0.3) is 6.08 Å². The van der Waals surface area contributed by atoms with Crippen molar-refractivity contribution in [1.82, 2.24) is 0 Å². The van der Waals surface area contributed by atoms with Crippen molar-refractivity contribution < 1.29 is 24.6 Å². The minimum atomic E-state index is -1.17. The van der Waals surface area contributed by atoms with Crippen LogP contribution in [-0.2, 0) is 4.79 Å². The molecule has 0 saturated heterocycles. The van der Waals surface area contributed by atoms with Gasteiger partial charge < -0.3 is 15.5 Å². The topological polar surface area (TPSA) is 127 Å². The van der Waals surface area contributed by atoms with Crippen LogP contribution in [0.2, 0.25) is 0 Å². The molecule has 0 fully saturated rings. The lowest BCUT2D eigenvalue weighted by atomic mass is 10.0. The third-order valence-corrected chi connectivity index (χ3v) is 3.25. The molecule has 0 aliphatic carbocycles. The molecule has 0 saturated carbocycles. The van der Waals surface area contributed by atoms with E-state index in [1.165, 1.54) is 48.5 Å². The number of nitrogens with zero attached hydrogens (tertiary/aromatic N) is 1. The zero-order chi connectivity index (χ0) is 18.4. The van der Waals surface area contributed by atoms with Crippen LogP contribution in [0.5, 0.6) is 0 Å². The Bertz CT molecular complexity index is 908. The molecule has 2 aromatic rings. The summed E-state index contributed by atoms with van der Waals surface area (Å²) >= 11 is 0. The maximum absolute atomic E-state index is 12.2. The van der Waals surface area contributed by atoms with Gasteiger partial charge in [-0.15, -0.1) is 0 Å². The van der Waals surface area contributed by atoms with E-state index in [4.69, 9.17) is 10.2 Å². The number of hydrogen-bond acceptors (Lipinski definition) is 4. The van der Waals surface area contributed by atoms with Gasteiger partial charge in [0.25, 0.3) is 5.91 Å². The van der Waals surface area contributed by atoms with Gasteiger partial charge in [-0.3, -0.25) is 4.79 Å². The van der Waals surface area contributed by atoms with Gasteiger partial charge in [-0.05, 0) is 42.0 Å². The van der Waals surface area contributed by atoms with Crippen molar-refractivity contribution in [1.29, 1.82) is 5.26 Å². The number of rotatable bonds is 5. The second-order valence-electron chi connectivity index (χ2n) is 4.90. The van der Waals surface area contributed by atoms with E-state index in [9.17, 15) is 19.6 Å². The van der Waals surface area contributed by atoms with E-state index in [1.54, 1.807) is 12.1 Å². The molecule has 0 bridgehead atoms. The monoisotopic (exact) mass is 336 g/mol. The lowest BCUT2D eigenvalue weighted by molar-refractivity contribution is -0.112. The molecule has 0 aliphatic rings. The molecule has 2 aromatic carbocycles. The Morgan fingerprint density at radius 2 is 1.60 bits per heavy atom. The van der Waals surface area contributed by atoms with Gasteiger partial charge in [0.2, 0.25) is 0 Å². The Kier molecular flexibility index (Phi) is 5.28. The first kappa shape index (κ1) is 17.4. The summed E-state index contributed by atoms with van der Waals surface area (Å²) in [5, 5.41) is 29.6. The van der Waals surface area contributed by atoms with Gasteiger partial charge in [-0.2, -0.15) is 5.26 Å². The van der Waals surface area contributed by atoms with E-state index in [0.29, 0.717) is 5.69 Å². The van der Waals surface area contributed by atoms with Crippen LogP contribution in [-0.4, -0.2) is 28.1 Å². The molecule has 0 unspecified atom stereocenters. The summed E-state index contributed by atoms with van der Waals surface area (Å²) in [6, 6.07) is 13.1. The number of anilines is 1. The van der Waals surface area contributed by atoms with Crippen LogP contribution < -0.4 is 5.32 Å². The number of carbonyl (C=O) groups is 3. The van der Waals surface area contributed by atoms with Gasteiger partial charge in [-0.1, -0.05) is 18.2 Å². The number of carbonyl (C=O) groups excluding carboxylic acids is 1. The molecule has 7 nitrogen and oxygen atoms in total. The normalized spacial score (nSPS) is 10.6. The van der Waals surface area contributed by atoms with Gasteiger partial charge in [0.15, 0.2) is 0 Å². The van der Waals surface area contributed by atoms with Crippen LogP contribution in [0, 0.1) is 11.3 Å². The first-order valence-corrected chi connectivity index (χ1v) is 7.01. The Morgan fingerprint density at radius 3 is 2.16 bits per heavy atom. The molecule has 7 heteroatoms. The zero-order valence-electron chi connectivity index (χ0n) is 12.8. The average Bonchev–Trinajstić information content (AvgIpc) is 2.60. The summed E-state index contributed by atoms with van der Waals surface area (Å²) in [4.78, 5) is 34.2. The average molecular weight is 336 g/mol. The SMILES string of the molecule is N#C/C(=C\c1ccccc1C(=O)O)C(=O)Nc1ccc(C(=O)O)cc1. The molecule has 3 N–H and O–H groups in total. The molecule has 25 heavy (non-hydrogen) atoms. The number of amides is 1. The molecule has 1 amide bonds. The van der Waals surface area contributed by atoms with Gasteiger partial charge in [0, 0.05) is 5.69 Å². The van der Waals surface area contributed by atoms with Crippen LogP contribution in [0.3, 0.4) is 0 Å². The van der Waals surface area contributed by atoms with Crippen molar-refractivity contribution in [2.45, 2.75) is 0 Å². The fourth-order valence-corrected chi connectivity index (χ4v) is 2.02. The third-order valence-electron chi connectivity index (χ3n) is 3.25. The van der Waals surface area contributed by atoms with Gasteiger partial charge in [0.05, 0.1) is 11.1 Å². The third kappa shape index (κ3) is 4.30. The second-order valence-corrected chi connectivity index (χ2v) is 4.90. The summed E-state index contributed by atoms with van der Waals surface area (Å²) in [6.45, 7) is 0. The molecule has 0 atom stereocenters. The molecule has 0 aliphatic heterocycles. The largest absolute Gasteiger partial charge is 0.478 e.